The van der Waals surface area contributed by atoms with Crippen LogP contribution in [0.3, 0.4) is 0 Å². The van der Waals surface area contributed by atoms with Gasteiger partial charge in [-0.2, -0.15) is 5.10 Å². The summed E-state index contributed by atoms with van der Waals surface area (Å²) in [6.07, 6.45) is 1.12. The minimum Gasteiger partial charge on any atom is -0.368 e. The van der Waals surface area contributed by atoms with Crippen LogP contribution in [0.2, 0.25) is 0 Å². The second kappa shape index (κ2) is 7.44. The first-order valence-electron chi connectivity index (χ1n) is 8.90. The number of carbonyl (C=O) groups excluding carboxylic acids is 2. The van der Waals surface area contributed by atoms with Crippen LogP contribution in [0.4, 0.5) is 11.4 Å². The van der Waals surface area contributed by atoms with Gasteiger partial charge in [-0.05, 0) is 36.4 Å². The van der Waals surface area contributed by atoms with Crippen LogP contribution in [-0.4, -0.2) is 35.9 Å². The van der Waals surface area contributed by atoms with Gasteiger partial charge in [-0.15, -0.1) is 11.8 Å². The molecule has 7 heteroatoms. The quantitative estimate of drug-likeness (QED) is 0.888. The lowest BCUT2D eigenvalue weighted by atomic mass is 10.1. The van der Waals surface area contributed by atoms with Gasteiger partial charge in [-0.3, -0.25) is 14.6 Å². The molecule has 6 nitrogen and oxygen atoms in total. The third kappa shape index (κ3) is 3.42. The Morgan fingerprint density at radius 2 is 1.81 bits per heavy atom. The molecular formula is C20H20N4O2S. The maximum Gasteiger partial charge on any atom is 0.274 e. The van der Waals surface area contributed by atoms with Crippen molar-refractivity contribution in [2.75, 3.05) is 22.2 Å². The Bertz CT molecular complexity index is 900. The van der Waals surface area contributed by atoms with Gasteiger partial charge < -0.3 is 10.6 Å². The van der Waals surface area contributed by atoms with Gasteiger partial charge in [0, 0.05) is 17.9 Å². The molecule has 2 amide bonds. The van der Waals surface area contributed by atoms with E-state index in [1.165, 1.54) is 0 Å². The van der Waals surface area contributed by atoms with Crippen molar-refractivity contribution in [3.05, 3.63) is 54.6 Å². The Morgan fingerprint density at radius 1 is 1.07 bits per heavy atom. The Balaban J connectivity index is 1.67. The van der Waals surface area contributed by atoms with Gasteiger partial charge in [0.05, 0.1) is 11.4 Å². The Hall–Kier alpha value is -2.80. The summed E-state index contributed by atoms with van der Waals surface area (Å²) in [5, 5.41) is 6.05. The molecule has 4 rings (SSSR count). The lowest BCUT2D eigenvalue weighted by molar-refractivity contribution is -0.119. The molecule has 0 spiro atoms. The predicted molar refractivity (Wildman–Crippen MR) is 108 cm³/mol. The highest BCUT2D eigenvalue weighted by Crippen LogP contribution is 2.34. The molecule has 2 aliphatic heterocycles. The van der Waals surface area contributed by atoms with Crippen LogP contribution >= 0.6 is 11.8 Å². The molecule has 0 radical (unpaired) electrons. The summed E-state index contributed by atoms with van der Waals surface area (Å²) in [5.41, 5.74) is 7.60. The second-order valence-corrected chi connectivity index (χ2v) is 7.61. The Kier molecular flexibility index (Phi) is 4.85. The maximum absolute atomic E-state index is 13.3. The highest BCUT2D eigenvalue weighted by molar-refractivity contribution is 7.99. The standard InChI is InChI=1S/C20H20N4O2S/c21-19(25)17-13-15(22-24(17)14-7-2-1-3-8-14)20(26)23-11-6-12-27-18-10-5-4-9-16(18)23/h1-5,7-10,17H,6,11-13H2,(H2,21,25). The van der Waals surface area contributed by atoms with Crippen molar-refractivity contribution in [1.82, 2.24) is 0 Å². The van der Waals surface area contributed by atoms with E-state index in [1.54, 1.807) is 21.7 Å². The Labute approximate surface area is 162 Å². The molecule has 0 aromatic heterocycles. The summed E-state index contributed by atoms with van der Waals surface area (Å²) >= 11 is 1.76. The Morgan fingerprint density at radius 3 is 2.59 bits per heavy atom. The fourth-order valence-electron chi connectivity index (χ4n) is 3.37. The molecule has 2 heterocycles. The number of amides is 2. The van der Waals surface area contributed by atoms with Gasteiger partial charge in [0.25, 0.3) is 5.91 Å². The number of rotatable bonds is 3. The minimum atomic E-state index is -0.650. The number of thioether (sulfide) groups is 1. The monoisotopic (exact) mass is 380 g/mol. The van der Waals surface area contributed by atoms with Gasteiger partial charge in [-0.1, -0.05) is 30.3 Å². The summed E-state index contributed by atoms with van der Waals surface area (Å²) in [7, 11) is 0. The lowest BCUT2D eigenvalue weighted by Crippen LogP contribution is -2.40. The predicted octanol–water partition coefficient (Wildman–Crippen LogP) is 2.64. The summed E-state index contributed by atoms with van der Waals surface area (Å²) in [5.74, 6) is 0.319. The number of nitrogens with zero attached hydrogens (tertiary/aromatic N) is 3. The summed E-state index contributed by atoms with van der Waals surface area (Å²) in [6, 6.07) is 16.6. The van der Waals surface area contributed by atoms with Crippen LogP contribution in [0.1, 0.15) is 12.8 Å². The van der Waals surface area contributed by atoms with E-state index in [4.69, 9.17) is 5.73 Å². The molecule has 27 heavy (non-hydrogen) atoms. The molecule has 2 aliphatic rings. The molecule has 2 N–H and O–H groups in total. The molecular weight excluding hydrogens is 360 g/mol. The third-order valence-electron chi connectivity index (χ3n) is 4.69. The van der Waals surface area contributed by atoms with E-state index in [1.807, 2.05) is 54.6 Å². The largest absolute Gasteiger partial charge is 0.368 e. The molecule has 138 valence electrons. The van der Waals surface area contributed by atoms with Gasteiger partial charge in [0.1, 0.15) is 11.8 Å². The third-order valence-corrected chi connectivity index (χ3v) is 5.84. The zero-order chi connectivity index (χ0) is 18.8. The summed E-state index contributed by atoms with van der Waals surface area (Å²) < 4.78 is 0. The number of hydrogen-bond acceptors (Lipinski definition) is 5. The molecule has 2 aromatic rings. The molecule has 0 aliphatic carbocycles. The van der Waals surface area contributed by atoms with Crippen molar-refractivity contribution in [3.63, 3.8) is 0 Å². The number of fused-ring (bicyclic) bond motifs is 1. The topological polar surface area (TPSA) is 79.0 Å². The van der Waals surface area contributed by atoms with E-state index in [0.29, 0.717) is 12.3 Å². The minimum absolute atomic E-state index is 0.158. The van der Waals surface area contributed by atoms with Crippen molar-refractivity contribution in [2.45, 2.75) is 23.8 Å². The van der Waals surface area contributed by atoms with Crippen molar-refractivity contribution in [2.24, 2.45) is 10.8 Å². The zero-order valence-corrected chi connectivity index (χ0v) is 15.6. The number of benzene rings is 2. The van der Waals surface area contributed by atoms with Gasteiger partial charge >= 0.3 is 0 Å². The fraction of sp³-hybridized carbons (Fsp3) is 0.250. The van der Waals surface area contributed by atoms with Crippen LogP contribution in [0.5, 0.6) is 0 Å². The van der Waals surface area contributed by atoms with Crippen LogP contribution in [-0.2, 0) is 9.59 Å². The number of para-hydroxylation sites is 2. The van der Waals surface area contributed by atoms with Crippen molar-refractivity contribution in [1.29, 1.82) is 0 Å². The highest BCUT2D eigenvalue weighted by atomic mass is 32.2. The second-order valence-electron chi connectivity index (χ2n) is 6.48. The molecule has 0 fully saturated rings. The zero-order valence-electron chi connectivity index (χ0n) is 14.7. The van der Waals surface area contributed by atoms with E-state index >= 15 is 0 Å². The normalized spacial score (nSPS) is 19.3. The number of nitrogens with two attached hydrogens (primary N) is 1. The lowest BCUT2D eigenvalue weighted by Gasteiger charge is -2.22. The maximum atomic E-state index is 13.3. The van der Waals surface area contributed by atoms with Gasteiger partial charge in [-0.25, -0.2) is 0 Å². The van der Waals surface area contributed by atoms with Crippen LogP contribution in [0, 0.1) is 0 Å². The van der Waals surface area contributed by atoms with E-state index in [2.05, 4.69) is 5.10 Å². The molecule has 0 saturated heterocycles. The average molecular weight is 380 g/mol. The number of primary amides is 1. The van der Waals surface area contributed by atoms with Crippen molar-refractivity contribution >= 4 is 40.7 Å². The smallest absolute Gasteiger partial charge is 0.274 e. The van der Waals surface area contributed by atoms with E-state index in [0.717, 1.165) is 28.4 Å². The SMILES string of the molecule is NC(=O)C1CC(C(=O)N2CCCSc3ccccc32)=NN1c1ccccc1. The number of hydrazone groups is 1. The fourth-order valence-corrected chi connectivity index (χ4v) is 4.37. The van der Waals surface area contributed by atoms with E-state index in [9.17, 15) is 9.59 Å². The molecule has 0 saturated carbocycles. The number of carbonyl (C=O) groups is 2. The van der Waals surface area contributed by atoms with E-state index in [-0.39, 0.29) is 12.3 Å². The van der Waals surface area contributed by atoms with Gasteiger partial charge in [0.2, 0.25) is 5.91 Å². The number of anilines is 2. The first-order chi connectivity index (χ1) is 13.1. The van der Waals surface area contributed by atoms with Gasteiger partial charge in [0.15, 0.2) is 0 Å². The van der Waals surface area contributed by atoms with E-state index < -0.39 is 11.9 Å². The van der Waals surface area contributed by atoms with Crippen molar-refractivity contribution in [3.8, 4) is 0 Å². The first kappa shape index (κ1) is 17.6. The van der Waals surface area contributed by atoms with Crippen molar-refractivity contribution < 1.29 is 9.59 Å². The first-order valence-corrected chi connectivity index (χ1v) is 9.88. The van der Waals surface area contributed by atoms with Crippen LogP contribution in [0.25, 0.3) is 0 Å². The summed E-state index contributed by atoms with van der Waals surface area (Å²) in [6.45, 7) is 0.633. The summed E-state index contributed by atoms with van der Waals surface area (Å²) in [4.78, 5) is 28.1. The van der Waals surface area contributed by atoms with Crippen LogP contribution in [0.15, 0.2) is 64.6 Å². The average Bonchev–Trinajstić information content (AvgIpc) is 3.04. The highest BCUT2D eigenvalue weighted by Gasteiger charge is 2.37. The molecule has 1 atom stereocenters. The van der Waals surface area contributed by atoms with Crippen LogP contribution < -0.4 is 15.6 Å². The molecule has 2 aromatic carbocycles. The number of hydrogen-bond donors (Lipinski definition) is 1. The molecule has 0 bridgehead atoms. The molecule has 1 unspecified atom stereocenters.